The highest BCUT2D eigenvalue weighted by Crippen LogP contribution is 2.27. The van der Waals surface area contributed by atoms with Gasteiger partial charge in [-0.2, -0.15) is 4.31 Å². The molecule has 2 aromatic carbocycles. The first-order chi connectivity index (χ1) is 16.6. The van der Waals surface area contributed by atoms with E-state index in [1.165, 1.54) is 4.90 Å². The first-order valence-corrected chi connectivity index (χ1v) is 13.5. The molecule has 1 atom stereocenters. The lowest BCUT2D eigenvalue weighted by atomic mass is 9.92. The molecule has 1 aliphatic heterocycles. The zero-order valence-corrected chi connectivity index (χ0v) is 21.3. The molecule has 1 saturated heterocycles. The normalized spacial score (nSPS) is 23.2. The van der Waals surface area contributed by atoms with Gasteiger partial charge in [0, 0.05) is 35.3 Å². The summed E-state index contributed by atoms with van der Waals surface area (Å²) in [5.74, 6) is -1.16. The summed E-state index contributed by atoms with van der Waals surface area (Å²) in [6.45, 7) is -0.0763. The fraction of sp³-hybridized carbons (Fsp3) is 0.391. The third kappa shape index (κ3) is 5.83. The van der Waals surface area contributed by atoms with E-state index in [1.54, 1.807) is 24.3 Å². The van der Waals surface area contributed by atoms with Gasteiger partial charge in [-0.3, -0.25) is 9.69 Å². The molecule has 188 valence electrons. The second kappa shape index (κ2) is 10.6. The van der Waals surface area contributed by atoms with Gasteiger partial charge < -0.3 is 16.4 Å². The largest absolute Gasteiger partial charge is 0.350 e. The second-order valence-corrected chi connectivity index (χ2v) is 11.5. The van der Waals surface area contributed by atoms with Crippen LogP contribution in [0.25, 0.3) is 0 Å². The number of nitrogens with one attached hydrogen (secondary N) is 2. The summed E-state index contributed by atoms with van der Waals surface area (Å²) in [6.07, 6.45) is 1.46. The Morgan fingerprint density at radius 1 is 1.03 bits per heavy atom. The molecule has 12 heteroatoms. The van der Waals surface area contributed by atoms with Gasteiger partial charge in [-0.25, -0.2) is 17.6 Å². The van der Waals surface area contributed by atoms with E-state index >= 15 is 0 Å². The maximum Gasteiger partial charge on any atom is 0.323 e. The van der Waals surface area contributed by atoms with Gasteiger partial charge in [0.1, 0.15) is 5.82 Å². The summed E-state index contributed by atoms with van der Waals surface area (Å²) in [5.41, 5.74) is 6.45. The Balaban J connectivity index is 1.60. The highest BCUT2D eigenvalue weighted by Gasteiger charge is 2.47. The number of halogens is 2. The predicted molar refractivity (Wildman–Crippen MR) is 132 cm³/mol. The summed E-state index contributed by atoms with van der Waals surface area (Å²) >= 11 is 3.34. The van der Waals surface area contributed by atoms with Crippen molar-refractivity contribution in [1.82, 2.24) is 14.5 Å². The van der Waals surface area contributed by atoms with E-state index in [2.05, 4.69) is 26.6 Å². The number of amides is 3. The van der Waals surface area contributed by atoms with E-state index in [-0.39, 0.29) is 30.1 Å². The first-order valence-electron chi connectivity index (χ1n) is 11.3. The van der Waals surface area contributed by atoms with Gasteiger partial charge >= 0.3 is 6.03 Å². The van der Waals surface area contributed by atoms with Gasteiger partial charge in [0.2, 0.25) is 10.0 Å². The van der Waals surface area contributed by atoms with Gasteiger partial charge in [0.25, 0.3) is 5.91 Å². The van der Waals surface area contributed by atoms with Crippen LogP contribution in [0.5, 0.6) is 0 Å². The van der Waals surface area contributed by atoms with Gasteiger partial charge in [-0.1, -0.05) is 22.0 Å². The fourth-order valence-electron chi connectivity index (χ4n) is 4.39. The van der Waals surface area contributed by atoms with Crippen LogP contribution in [0, 0.1) is 5.82 Å². The Bertz CT molecular complexity index is 1190. The van der Waals surface area contributed by atoms with Crippen molar-refractivity contribution in [3.05, 3.63) is 58.8 Å². The molecule has 3 amide bonds. The van der Waals surface area contributed by atoms with Crippen LogP contribution in [-0.4, -0.2) is 60.9 Å². The standard InChI is InChI=1S/C23H27BrFN5O4S/c24-15-2-1-3-19(14-15)28-23(32)29-12-13-30(35(33,34)20-10-4-16(25)5-11-20)22(29)21(31)27-18-8-6-17(26)7-9-18/h1-5,10-11,14,17-18,22H,6-9,12-13,26H2,(H,27,31)(H,28,32). The van der Waals surface area contributed by atoms with Crippen molar-refractivity contribution in [2.45, 2.75) is 48.8 Å². The zero-order chi connectivity index (χ0) is 25.2. The van der Waals surface area contributed by atoms with Crippen LogP contribution in [0.15, 0.2) is 57.9 Å². The monoisotopic (exact) mass is 567 g/mol. The number of nitrogens with two attached hydrogens (primary N) is 1. The summed E-state index contributed by atoms with van der Waals surface area (Å²) < 4.78 is 42.0. The zero-order valence-electron chi connectivity index (χ0n) is 18.9. The number of hydrogen-bond acceptors (Lipinski definition) is 5. The lowest BCUT2D eigenvalue weighted by molar-refractivity contribution is -0.128. The lowest BCUT2D eigenvalue weighted by Crippen LogP contribution is -2.56. The minimum atomic E-state index is -4.19. The fourth-order valence-corrected chi connectivity index (χ4v) is 6.33. The Morgan fingerprint density at radius 3 is 2.37 bits per heavy atom. The van der Waals surface area contributed by atoms with E-state index in [0.717, 1.165) is 45.9 Å². The second-order valence-electron chi connectivity index (χ2n) is 8.70. The third-order valence-electron chi connectivity index (χ3n) is 6.24. The van der Waals surface area contributed by atoms with Crippen LogP contribution in [0.2, 0.25) is 0 Å². The quantitative estimate of drug-likeness (QED) is 0.512. The maximum absolute atomic E-state index is 13.4. The molecule has 1 heterocycles. The van der Waals surface area contributed by atoms with Crippen molar-refractivity contribution in [3.63, 3.8) is 0 Å². The predicted octanol–water partition coefficient (Wildman–Crippen LogP) is 2.84. The van der Waals surface area contributed by atoms with Gasteiger partial charge in [0.05, 0.1) is 4.90 Å². The molecule has 0 spiro atoms. The van der Waals surface area contributed by atoms with Crippen LogP contribution in [-0.2, 0) is 14.8 Å². The highest BCUT2D eigenvalue weighted by molar-refractivity contribution is 9.10. The number of nitrogens with zero attached hydrogens (tertiary/aromatic N) is 2. The van der Waals surface area contributed by atoms with Crippen molar-refractivity contribution in [2.75, 3.05) is 18.4 Å². The maximum atomic E-state index is 13.4. The first kappa shape index (κ1) is 25.5. The van der Waals surface area contributed by atoms with E-state index < -0.39 is 33.9 Å². The third-order valence-corrected chi connectivity index (χ3v) is 8.60. The molecule has 35 heavy (non-hydrogen) atoms. The molecule has 0 radical (unpaired) electrons. The molecule has 2 aromatic rings. The summed E-state index contributed by atoms with van der Waals surface area (Å²) in [6, 6.07) is 10.6. The summed E-state index contributed by atoms with van der Waals surface area (Å²) in [7, 11) is -4.19. The number of urea groups is 1. The molecule has 0 aromatic heterocycles. The minimum absolute atomic E-state index is 0.00783. The van der Waals surface area contributed by atoms with Gasteiger partial charge in [-0.15, -0.1) is 0 Å². The van der Waals surface area contributed by atoms with E-state index in [9.17, 15) is 22.4 Å². The van der Waals surface area contributed by atoms with Crippen molar-refractivity contribution in [3.8, 4) is 0 Å². The highest BCUT2D eigenvalue weighted by atomic mass is 79.9. The van der Waals surface area contributed by atoms with Crippen LogP contribution in [0.3, 0.4) is 0 Å². The Labute approximate surface area is 212 Å². The molecule has 4 N–H and O–H groups in total. The van der Waals surface area contributed by atoms with Crippen molar-refractivity contribution in [2.24, 2.45) is 5.73 Å². The minimum Gasteiger partial charge on any atom is -0.350 e. The Hall–Kier alpha value is -2.54. The lowest BCUT2D eigenvalue weighted by Gasteiger charge is -2.32. The average molecular weight is 568 g/mol. The molecule has 2 aliphatic rings. The molecule has 0 bridgehead atoms. The van der Waals surface area contributed by atoms with Gasteiger partial charge in [-0.05, 0) is 68.1 Å². The number of carbonyl (C=O) groups is 2. The van der Waals surface area contributed by atoms with Crippen LogP contribution < -0.4 is 16.4 Å². The van der Waals surface area contributed by atoms with Crippen molar-refractivity contribution >= 4 is 43.6 Å². The molecule has 9 nitrogen and oxygen atoms in total. The van der Waals surface area contributed by atoms with Crippen LogP contribution >= 0.6 is 15.9 Å². The molecule has 1 unspecified atom stereocenters. The molecule has 2 fully saturated rings. The topological polar surface area (TPSA) is 125 Å². The van der Waals surface area contributed by atoms with E-state index in [1.807, 2.05) is 0 Å². The summed E-state index contributed by atoms with van der Waals surface area (Å²) in [4.78, 5) is 27.6. The number of carbonyl (C=O) groups excluding carboxylic acids is 2. The average Bonchev–Trinajstić information content (AvgIpc) is 3.27. The van der Waals surface area contributed by atoms with Crippen LogP contribution in [0.1, 0.15) is 25.7 Å². The number of sulfonamides is 1. The number of rotatable bonds is 5. The van der Waals surface area contributed by atoms with Crippen molar-refractivity contribution < 1.29 is 22.4 Å². The molecule has 4 rings (SSSR count). The molecule has 1 aliphatic carbocycles. The van der Waals surface area contributed by atoms with Crippen molar-refractivity contribution in [1.29, 1.82) is 0 Å². The van der Waals surface area contributed by atoms with Gasteiger partial charge in [0.15, 0.2) is 6.17 Å². The smallest absolute Gasteiger partial charge is 0.323 e. The molecule has 1 saturated carbocycles. The number of hydrogen-bond donors (Lipinski definition) is 3. The van der Waals surface area contributed by atoms with Crippen LogP contribution in [0.4, 0.5) is 14.9 Å². The number of anilines is 1. The molecular formula is C23H27BrFN5O4S. The van der Waals surface area contributed by atoms with E-state index in [0.29, 0.717) is 18.5 Å². The Kier molecular flexibility index (Phi) is 7.74. The molecular weight excluding hydrogens is 541 g/mol. The van der Waals surface area contributed by atoms with E-state index in [4.69, 9.17) is 5.73 Å². The Morgan fingerprint density at radius 2 is 1.71 bits per heavy atom. The SMILES string of the molecule is NC1CCC(NC(=O)C2N(C(=O)Nc3cccc(Br)c3)CCN2S(=O)(=O)c2ccc(F)cc2)CC1. The number of benzene rings is 2. The summed E-state index contributed by atoms with van der Waals surface area (Å²) in [5, 5.41) is 5.64.